The molecule has 5 nitrogen and oxygen atoms in total. The number of amides is 1. The number of carbonyl (C=O) groups excluding carboxylic acids is 1. The molecule has 6 heteroatoms. The Morgan fingerprint density at radius 2 is 1.94 bits per heavy atom. The van der Waals surface area contributed by atoms with Crippen molar-refractivity contribution in [3.05, 3.63) is 95.5 Å². The summed E-state index contributed by atoms with van der Waals surface area (Å²) in [6.07, 6.45) is 1.68. The number of hydrogen-bond donors (Lipinski definition) is 1. The maximum Gasteiger partial charge on any atom is 0.253 e. The van der Waals surface area contributed by atoms with Gasteiger partial charge in [-0.25, -0.2) is 4.98 Å². The van der Waals surface area contributed by atoms with Gasteiger partial charge in [0.25, 0.3) is 5.91 Å². The van der Waals surface area contributed by atoms with Crippen LogP contribution in [0, 0.1) is 6.92 Å². The van der Waals surface area contributed by atoms with Crippen LogP contribution >= 0.6 is 11.3 Å². The fraction of sp³-hybridized carbons (Fsp3) is 0.154. The van der Waals surface area contributed by atoms with Gasteiger partial charge in [0.05, 0.1) is 24.1 Å². The monoisotopic (exact) mass is 443 g/mol. The molecule has 1 amide bonds. The second kappa shape index (κ2) is 9.66. The third-order valence-electron chi connectivity index (χ3n) is 5.31. The summed E-state index contributed by atoms with van der Waals surface area (Å²) in [5, 5.41) is 5.89. The predicted molar refractivity (Wildman–Crippen MR) is 130 cm³/mol. The van der Waals surface area contributed by atoms with Gasteiger partial charge in [0.1, 0.15) is 10.8 Å². The number of ether oxygens (including phenoxy) is 1. The number of carbonyl (C=O) groups is 1. The van der Waals surface area contributed by atoms with Crippen LogP contribution in [0.5, 0.6) is 5.75 Å². The fourth-order valence-corrected chi connectivity index (χ4v) is 4.39. The SMILES string of the molecule is C=CCNC(=O)c1cc(-c2csc(-c3ccccc3)n2)n(Cc2ccc(OC)cc2)c1C. The first kappa shape index (κ1) is 21.6. The van der Waals surface area contributed by atoms with Gasteiger partial charge in [-0.2, -0.15) is 0 Å². The van der Waals surface area contributed by atoms with Crippen LogP contribution in [0.4, 0.5) is 0 Å². The molecule has 0 saturated heterocycles. The average Bonchev–Trinajstić information content (AvgIpc) is 3.44. The normalized spacial score (nSPS) is 10.7. The molecule has 0 spiro atoms. The Kier molecular flexibility index (Phi) is 6.52. The Hall–Kier alpha value is -3.64. The van der Waals surface area contributed by atoms with Crippen molar-refractivity contribution in [2.45, 2.75) is 13.5 Å². The van der Waals surface area contributed by atoms with Gasteiger partial charge in [-0.15, -0.1) is 17.9 Å². The first-order valence-corrected chi connectivity index (χ1v) is 11.2. The zero-order valence-electron chi connectivity index (χ0n) is 18.2. The van der Waals surface area contributed by atoms with Crippen molar-refractivity contribution in [2.75, 3.05) is 13.7 Å². The molecule has 0 unspecified atom stereocenters. The van der Waals surface area contributed by atoms with E-state index in [0.29, 0.717) is 18.7 Å². The number of benzene rings is 2. The highest BCUT2D eigenvalue weighted by Crippen LogP contribution is 2.32. The lowest BCUT2D eigenvalue weighted by molar-refractivity contribution is 0.0957. The molecule has 4 rings (SSSR count). The molecular weight excluding hydrogens is 418 g/mol. The van der Waals surface area contributed by atoms with Crippen molar-refractivity contribution in [1.82, 2.24) is 14.9 Å². The molecule has 2 aromatic carbocycles. The van der Waals surface area contributed by atoms with Gasteiger partial charge in [-0.05, 0) is 30.7 Å². The number of rotatable bonds is 8. The van der Waals surface area contributed by atoms with Gasteiger partial charge in [0, 0.05) is 29.7 Å². The minimum absolute atomic E-state index is 0.115. The number of aromatic nitrogens is 2. The van der Waals surface area contributed by atoms with Crippen LogP contribution in [0.1, 0.15) is 21.6 Å². The smallest absolute Gasteiger partial charge is 0.253 e. The van der Waals surface area contributed by atoms with Crippen LogP contribution in [-0.2, 0) is 6.54 Å². The van der Waals surface area contributed by atoms with Crippen molar-refractivity contribution >= 4 is 17.2 Å². The third kappa shape index (κ3) is 4.50. The Morgan fingerprint density at radius 1 is 1.19 bits per heavy atom. The molecule has 2 heterocycles. The topological polar surface area (TPSA) is 56.2 Å². The van der Waals surface area contributed by atoms with Gasteiger partial charge in [-0.1, -0.05) is 48.5 Å². The molecule has 0 saturated carbocycles. The summed E-state index contributed by atoms with van der Waals surface area (Å²) >= 11 is 1.60. The lowest BCUT2D eigenvalue weighted by Crippen LogP contribution is -2.23. The summed E-state index contributed by atoms with van der Waals surface area (Å²) in [6, 6.07) is 20.0. The quantitative estimate of drug-likeness (QED) is 0.363. The van der Waals surface area contributed by atoms with Crippen LogP contribution in [0.15, 0.2) is 78.7 Å². The van der Waals surface area contributed by atoms with E-state index < -0.39 is 0 Å². The van der Waals surface area contributed by atoms with E-state index >= 15 is 0 Å². The van der Waals surface area contributed by atoms with E-state index in [1.807, 2.05) is 60.8 Å². The molecule has 0 bridgehead atoms. The predicted octanol–water partition coefficient (Wildman–Crippen LogP) is 5.56. The minimum Gasteiger partial charge on any atom is -0.497 e. The standard InChI is InChI=1S/C26H25N3O2S/c1-4-14-27-25(30)22-15-24(23-17-32-26(28-23)20-8-6-5-7-9-20)29(18(22)2)16-19-10-12-21(31-3)13-11-19/h4-13,15,17H,1,14,16H2,2-3H3,(H,27,30). The van der Waals surface area contributed by atoms with E-state index in [4.69, 9.17) is 9.72 Å². The van der Waals surface area contributed by atoms with Crippen molar-refractivity contribution in [2.24, 2.45) is 0 Å². The summed E-state index contributed by atoms with van der Waals surface area (Å²) in [6.45, 7) is 6.70. The summed E-state index contributed by atoms with van der Waals surface area (Å²) in [7, 11) is 1.66. The highest BCUT2D eigenvalue weighted by atomic mass is 32.1. The van der Waals surface area contributed by atoms with E-state index in [2.05, 4.69) is 28.6 Å². The van der Waals surface area contributed by atoms with E-state index in [-0.39, 0.29) is 5.91 Å². The number of thiazole rings is 1. The molecule has 1 N–H and O–H groups in total. The van der Waals surface area contributed by atoms with Crippen molar-refractivity contribution < 1.29 is 9.53 Å². The van der Waals surface area contributed by atoms with Crippen molar-refractivity contribution in [1.29, 1.82) is 0 Å². The maximum atomic E-state index is 12.8. The average molecular weight is 444 g/mol. The van der Waals surface area contributed by atoms with Gasteiger partial charge < -0.3 is 14.6 Å². The van der Waals surface area contributed by atoms with E-state index in [9.17, 15) is 4.79 Å². The van der Waals surface area contributed by atoms with Gasteiger partial charge >= 0.3 is 0 Å². The molecule has 0 aliphatic heterocycles. The van der Waals surface area contributed by atoms with Gasteiger partial charge in [-0.3, -0.25) is 4.79 Å². The van der Waals surface area contributed by atoms with Crippen LogP contribution in [0.3, 0.4) is 0 Å². The van der Waals surface area contributed by atoms with E-state index in [1.54, 1.807) is 24.5 Å². The molecule has 32 heavy (non-hydrogen) atoms. The van der Waals surface area contributed by atoms with E-state index in [1.165, 1.54) is 0 Å². The Morgan fingerprint density at radius 3 is 2.62 bits per heavy atom. The molecule has 0 atom stereocenters. The molecule has 4 aromatic rings. The number of methoxy groups -OCH3 is 1. The Bertz CT molecular complexity index is 1220. The number of nitrogens with zero attached hydrogens (tertiary/aromatic N) is 2. The largest absolute Gasteiger partial charge is 0.497 e. The van der Waals surface area contributed by atoms with Gasteiger partial charge in [0.15, 0.2) is 0 Å². The molecule has 0 fully saturated rings. The zero-order chi connectivity index (χ0) is 22.5. The molecule has 0 radical (unpaired) electrons. The van der Waals surface area contributed by atoms with Crippen LogP contribution in [0.2, 0.25) is 0 Å². The maximum absolute atomic E-state index is 12.8. The van der Waals surface area contributed by atoms with Crippen LogP contribution < -0.4 is 10.1 Å². The molecule has 2 aromatic heterocycles. The summed E-state index contributed by atoms with van der Waals surface area (Å²) in [5.74, 6) is 0.699. The van der Waals surface area contributed by atoms with Gasteiger partial charge in [0.2, 0.25) is 0 Å². The molecule has 162 valence electrons. The second-order valence-electron chi connectivity index (χ2n) is 7.37. The Balaban J connectivity index is 1.75. The molecular formula is C26H25N3O2S. The van der Waals surface area contributed by atoms with Crippen LogP contribution in [-0.4, -0.2) is 29.1 Å². The fourth-order valence-electron chi connectivity index (χ4n) is 3.57. The Labute approximate surface area is 192 Å². The highest BCUT2D eigenvalue weighted by Gasteiger charge is 2.20. The molecule has 0 aliphatic carbocycles. The molecule has 0 aliphatic rings. The second-order valence-corrected chi connectivity index (χ2v) is 8.22. The first-order chi connectivity index (χ1) is 15.6. The lowest BCUT2D eigenvalue weighted by Gasteiger charge is -2.12. The third-order valence-corrected chi connectivity index (χ3v) is 6.20. The zero-order valence-corrected chi connectivity index (χ0v) is 19.0. The van der Waals surface area contributed by atoms with E-state index in [0.717, 1.165) is 39.0 Å². The number of nitrogens with one attached hydrogen (secondary N) is 1. The van der Waals surface area contributed by atoms with Crippen molar-refractivity contribution in [3.8, 4) is 27.7 Å². The minimum atomic E-state index is -0.115. The lowest BCUT2D eigenvalue weighted by atomic mass is 10.2. The summed E-state index contributed by atoms with van der Waals surface area (Å²) in [4.78, 5) is 17.7. The first-order valence-electron chi connectivity index (χ1n) is 10.3. The summed E-state index contributed by atoms with van der Waals surface area (Å²) < 4.78 is 7.42. The number of hydrogen-bond acceptors (Lipinski definition) is 4. The highest BCUT2D eigenvalue weighted by molar-refractivity contribution is 7.13. The summed E-state index contributed by atoms with van der Waals surface area (Å²) in [5.41, 5.74) is 5.50. The van der Waals surface area contributed by atoms with Crippen molar-refractivity contribution in [3.63, 3.8) is 0 Å². The van der Waals surface area contributed by atoms with Crippen LogP contribution in [0.25, 0.3) is 22.0 Å².